The lowest BCUT2D eigenvalue weighted by molar-refractivity contribution is 1.27. The lowest BCUT2D eigenvalue weighted by Crippen LogP contribution is -2.10. The van der Waals surface area contributed by atoms with Crippen molar-refractivity contribution in [2.45, 2.75) is 6.92 Å². The molecule has 106 valence electrons. The average Bonchev–Trinajstić information content (AvgIpc) is 2.47. The predicted octanol–water partition coefficient (Wildman–Crippen LogP) is 4.75. The van der Waals surface area contributed by atoms with Crippen LogP contribution in [0.15, 0.2) is 42.5 Å². The third-order valence-electron chi connectivity index (χ3n) is 3.44. The van der Waals surface area contributed by atoms with Gasteiger partial charge in [-0.25, -0.2) is 4.98 Å². The number of benzene rings is 2. The summed E-state index contributed by atoms with van der Waals surface area (Å²) in [5, 5.41) is 1.61. The topological polar surface area (TPSA) is 50.9 Å². The first-order valence-corrected chi connectivity index (χ1v) is 7.89. The average molecular weight is 410 g/mol. The summed E-state index contributed by atoms with van der Waals surface area (Å²) in [4.78, 5) is 4.83. The van der Waals surface area contributed by atoms with E-state index in [2.05, 4.69) is 28.0 Å². The minimum absolute atomic E-state index is 0.678. The van der Waals surface area contributed by atoms with Gasteiger partial charge in [0.15, 0.2) is 0 Å². The molecule has 0 aliphatic heterocycles. The lowest BCUT2D eigenvalue weighted by Gasteiger charge is -2.15. The fourth-order valence-corrected chi connectivity index (χ4v) is 3.60. The molecule has 0 unspecified atom stereocenters. The molecule has 1 heterocycles. The zero-order chi connectivity index (χ0) is 15.0. The number of aromatic nitrogens is 1. The number of fused-ring (bicyclic) bond motifs is 1. The minimum atomic E-state index is 0.678. The Bertz CT molecular complexity index is 819. The third-order valence-corrected chi connectivity index (χ3v) is 4.48. The highest BCUT2D eigenvalue weighted by Crippen LogP contribution is 2.36. The van der Waals surface area contributed by atoms with Crippen molar-refractivity contribution < 1.29 is 0 Å². The molecule has 3 nitrogen and oxygen atoms in total. The zero-order valence-corrected chi connectivity index (χ0v) is 14.2. The normalized spacial score (nSPS) is 10.9. The molecule has 0 spiro atoms. The first kappa shape index (κ1) is 14.6. The van der Waals surface area contributed by atoms with Gasteiger partial charge in [-0.3, -0.25) is 5.84 Å². The summed E-state index contributed by atoms with van der Waals surface area (Å²) in [6.45, 7) is 2.01. The molecule has 0 radical (unpaired) electrons. The van der Waals surface area contributed by atoms with Crippen LogP contribution in [0.2, 0.25) is 5.02 Å². The van der Waals surface area contributed by atoms with Crippen LogP contribution in [0.25, 0.3) is 22.2 Å². The summed E-state index contributed by atoms with van der Waals surface area (Å²) in [5.74, 6) is 5.74. The van der Waals surface area contributed by atoms with Gasteiger partial charge in [-0.15, -0.1) is 0 Å². The molecule has 0 aliphatic carbocycles. The Labute approximate surface area is 141 Å². The standard InChI is InChI=1S/C16H13ClIN3/c1-9-14(10-5-3-2-4-6-10)20-16-12(15(9)21-19)7-11(17)8-13(16)18/h2-8H,19H2,1H3,(H,20,21). The molecule has 21 heavy (non-hydrogen) atoms. The van der Waals surface area contributed by atoms with Crippen LogP contribution in [-0.2, 0) is 0 Å². The first-order chi connectivity index (χ1) is 10.1. The van der Waals surface area contributed by atoms with Crippen molar-refractivity contribution in [1.82, 2.24) is 4.98 Å². The molecule has 1 aromatic heterocycles. The van der Waals surface area contributed by atoms with Crippen LogP contribution in [0.3, 0.4) is 0 Å². The molecular weight excluding hydrogens is 397 g/mol. The molecule has 0 atom stereocenters. The Morgan fingerprint density at radius 3 is 2.57 bits per heavy atom. The van der Waals surface area contributed by atoms with Crippen LogP contribution in [0, 0.1) is 10.5 Å². The summed E-state index contributed by atoms with van der Waals surface area (Å²) in [6, 6.07) is 13.9. The third kappa shape index (κ3) is 2.59. The maximum absolute atomic E-state index is 6.16. The van der Waals surface area contributed by atoms with Gasteiger partial charge >= 0.3 is 0 Å². The van der Waals surface area contributed by atoms with Crippen LogP contribution in [0.1, 0.15) is 5.56 Å². The van der Waals surface area contributed by atoms with Gasteiger partial charge < -0.3 is 5.43 Å². The van der Waals surface area contributed by atoms with E-state index in [9.17, 15) is 0 Å². The van der Waals surface area contributed by atoms with Crippen molar-refractivity contribution >= 4 is 50.8 Å². The molecule has 0 amide bonds. The highest BCUT2D eigenvalue weighted by atomic mass is 127. The number of hydrogen-bond acceptors (Lipinski definition) is 3. The van der Waals surface area contributed by atoms with E-state index in [1.807, 2.05) is 49.4 Å². The molecule has 3 rings (SSSR count). The fraction of sp³-hybridized carbons (Fsp3) is 0.0625. The Morgan fingerprint density at radius 2 is 1.90 bits per heavy atom. The second-order valence-electron chi connectivity index (χ2n) is 4.75. The predicted molar refractivity (Wildman–Crippen MR) is 97.5 cm³/mol. The molecule has 0 fully saturated rings. The highest BCUT2D eigenvalue weighted by Gasteiger charge is 2.15. The Morgan fingerprint density at radius 1 is 1.19 bits per heavy atom. The number of nitrogens with two attached hydrogens (primary N) is 1. The van der Waals surface area contributed by atoms with E-state index in [4.69, 9.17) is 22.4 Å². The summed E-state index contributed by atoms with van der Waals surface area (Å²) >= 11 is 8.41. The van der Waals surface area contributed by atoms with Gasteiger partial charge in [0, 0.05) is 25.1 Å². The lowest BCUT2D eigenvalue weighted by atomic mass is 10.0. The summed E-state index contributed by atoms with van der Waals surface area (Å²) in [5.41, 5.74) is 7.57. The second-order valence-corrected chi connectivity index (χ2v) is 6.35. The van der Waals surface area contributed by atoms with Crippen molar-refractivity contribution in [3.8, 4) is 11.3 Å². The summed E-state index contributed by atoms with van der Waals surface area (Å²) in [6.07, 6.45) is 0. The zero-order valence-electron chi connectivity index (χ0n) is 11.3. The van der Waals surface area contributed by atoms with Crippen molar-refractivity contribution in [3.05, 3.63) is 56.6 Å². The van der Waals surface area contributed by atoms with Crippen LogP contribution in [0.5, 0.6) is 0 Å². The SMILES string of the molecule is Cc1c(-c2ccccc2)nc2c(I)cc(Cl)cc2c1NN. The monoisotopic (exact) mass is 409 g/mol. The van der Waals surface area contributed by atoms with Crippen molar-refractivity contribution in [3.63, 3.8) is 0 Å². The molecule has 2 aromatic carbocycles. The Hall–Kier alpha value is -1.37. The van der Waals surface area contributed by atoms with E-state index in [0.717, 1.165) is 37.0 Å². The first-order valence-electron chi connectivity index (χ1n) is 6.43. The van der Waals surface area contributed by atoms with Gasteiger partial charge in [-0.05, 0) is 41.6 Å². The molecule has 5 heteroatoms. The fourth-order valence-electron chi connectivity index (χ4n) is 2.45. The van der Waals surface area contributed by atoms with Gasteiger partial charge in [0.1, 0.15) is 0 Å². The van der Waals surface area contributed by atoms with Gasteiger partial charge in [-0.1, -0.05) is 41.9 Å². The van der Waals surface area contributed by atoms with Crippen LogP contribution < -0.4 is 11.3 Å². The number of nitrogens with one attached hydrogen (secondary N) is 1. The van der Waals surface area contributed by atoms with Crippen molar-refractivity contribution in [2.75, 3.05) is 5.43 Å². The minimum Gasteiger partial charge on any atom is -0.323 e. The second kappa shape index (κ2) is 5.79. The Balaban J connectivity index is 2.41. The van der Waals surface area contributed by atoms with Gasteiger partial charge in [0.25, 0.3) is 0 Å². The van der Waals surface area contributed by atoms with E-state index in [1.54, 1.807) is 0 Å². The summed E-state index contributed by atoms with van der Waals surface area (Å²) in [7, 11) is 0. The molecule has 3 N–H and O–H groups in total. The van der Waals surface area contributed by atoms with E-state index in [-0.39, 0.29) is 0 Å². The van der Waals surface area contributed by atoms with Crippen LogP contribution in [0.4, 0.5) is 5.69 Å². The molecule has 3 aromatic rings. The smallest absolute Gasteiger partial charge is 0.0865 e. The van der Waals surface area contributed by atoms with Gasteiger partial charge in [-0.2, -0.15) is 0 Å². The molecular formula is C16H13ClIN3. The molecule has 0 saturated carbocycles. The number of pyridine rings is 1. The molecule has 0 bridgehead atoms. The number of hydrazine groups is 1. The van der Waals surface area contributed by atoms with Crippen molar-refractivity contribution in [1.29, 1.82) is 0 Å². The van der Waals surface area contributed by atoms with Crippen molar-refractivity contribution in [2.24, 2.45) is 5.84 Å². The van der Waals surface area contributed by atoms with Gasteiger partial charge in [0.2, 0.25) is 0 Å². The number of anilines is 1. The van der Waals surface area contributed by atoms with E-state index < -0.39 is 0 Å². The number of nitrogens with zero attached hydrogens (tertiary/aromatic N) is 1. The number of nitrogen functional groups attached to an aromatic ring is 1. The van der Waals surface area contributed by atoms with E-state index in [0.29, 0.717) is 5.02 Å². The quantitative estimate of drug-likeness (QED) is 0.365. The number of rotatable bonds is 2. The summed E-state index contributed by atoms with van der Waals surface area (Å²) < 4.78 is 1.00. The molecule has 0 saturated heterocycles. The van der Waals surface area contributed by atoms with E-state index >= 15 is 0 Å². The maximum atomic E-state index is 6.16. The highest BCUT2D eigenvalue weighted by molar-refractivity contribution is 14.1. The number of halogens is 2. The van der Waals surface area contributed by atoms with E-state index in [1.165, 1.54) is 0 Å². The largest absolute Gasteiger partial charge is 0.323 e. The van der Waals surface area contributed by atoms with Gasteiger partial charge in [0.05, 0.1) is 16.9 Å². The van der Waals surface area contributed by atoms with Crippen LogP contribution in [-0.4, -0.2) is 4.98 Å². The Kier molecular flexibility index (Phi) is 4.01. The van der Waals surface area contributed by atoms with Crippen LogP contribution >= 0.6 is 34.2 Å². The maximum Gasteiger partial charge on any atom is 0.0865 e. The molecule has 0 aliphatic rings. The number of hydrogen-bond donors (Lipinski definition) is 2.